The van der Waals surface area contributed by atoms with Crippen LogP contribution in [0.2, 0.25) is 0 Å². The van der Waals surface area contributed by atoms with Crippen molar-refractivity contribution < 1.29 is 23.4 Å². The molecular weight excluding hydrogens is 447 g/mol. The van der Waals surface area contributed by atoms with Crippen molar-refractivity contribution in [3.05, 3.63) is 60.2 Å². The molecule has 0 radical (unpaired) electrons. The van der Waals surface area contributed by atoms with Gasteiger partial charge in [0.25, 0.3) is 0 Å². The largest absolute Gasteiger partial charge is 0.497 e. The number of likely N-dealkylation sites (tertiary alicyclic amines) is 1. The van der Waals surface area contributed by atoms with Gasteiger partial charge in [0.1, 0.15) is 11.9 Å². The molecule has 3 heterocycles. The van der Waals surface area contributed by atoms with Gasteiger partial charge in [-0.2, -0.15) is 0 Å². The number of piperidine rings is 1. The number of carbonyl (C=O) groups is 1. The summed E-state index contributed by atoms with van der Waals surface area (Å²) in [6.45, 7) is 2.85. The van der Waals surface area contributed by atoms with Crippen LogP contribution in [-0.2, 0) is 11.2 Å². The van der Waals surface area contributed by atoms with E-state index in [1.54, 1.807) is 31.9 Å². The Morgan fingerprint density at radius 1 is 1.29 bits per heavy atom. The Morgan fingerprint density at radius 3 is 2.94 bits per heavy atom. The number of methoxy groups -OCH3 is 1. The standard InChI is InChI=1S/C28H35FN2O4/c1-34-23-6-8-27-25(17-23)24(10-13-30-27)26(29)7-4-21-11-15-31(18-22(21)5-9-28(32)33)14-2-3-20-12-16-35-19-20/h6,8,10,12-13,16-17,19,21-22,26H,2-5,7,9,11,14-15,18H2,1H3,(H,32,33)/t21-,22-,26-/m1/s1. The minimum Gasteiger partial charge on any atom is -0.497 e. The maximum absolute atomic E-state index is 15.5. The Morgan fingerprint density at radius 2 is 2.17 bits per heavy atom. The van der Waals surface area contributed by atoms with Gasteiger partial charge in [-0.3, -0.25) is 9.78 Å². The number of pyridine rings is 1. The predicted molar refractivity (Wildman–Crippen MR) is 133 cm³/mol. The van der Waals surface area contributed by atoms with Crippen LogP contribution in [0.5, 0.6) is 5.75 Å². The minimum atomic E-state index is -1.10. The van der Waals surface area contributed by atoms with Gasteiger partial charge in [-0.1, -0.05) is 0 Å². The van der Waals surface area contributed by atoms with E-state index in [0.29, 0.717) is 30.1 Å². The van der Waals surface area contributed by atoms with Crippen LogP contribution >= 0.6 is 0 Å². The zero-order chi connectivity index (χ0) is 24.6. The highest BCUT2D eigenvalue weighted by molar-refractivity contribution is 5.83. The maximum atomic E-state index is 15.5. The van der Waals surface area contributed by atoms with E-state index < -0.39 is 12.1 Å². The van der Waals surface area contributed by atoms with Crippen LogP contribution in [0.3, 0.4) is 0 Å². The summed E-state index contributed by atoms with van der Waals surface area (Å²) in [5.74, 6) is 0.532. The van der Waals surface area contributed by atoms with E-state index >= 15 is 4.39 Å². The lowest BCUT2D eigenvalue weighted by molar-refractivity contribution is -0.137. The van der Waals surface area contributed by atoms with Crippen molar-refractivity contribution >= 4 is 16.9 Å². The van der Waals surface area contributed by atoms with Gasteiger partial charge in [0, 0.05) is 24.5 Å². The smallest absolute Gasteiger partial charge is 0.303 e. The van der Waals surface area contributed by atoms with E-state index in [1.807, 2.05) is 24.3 Å². The number of aryl methyl sites for hydroxylation is 1. The minimum absolute atomic E-state index is 0.165. The number of hydrogen-bond donors (Lipinski definition) is 1. The summed E-state index contributed by atoms with van der Waals surface area (Å²) in [5, 5.41) is 10.0. The molecule has 3 aromatic rings. The topological polar surface area (TPSA) is 75.8 Å². The molecule has 35 heavy (non-hydrogen) atoms. The van der Waals surface area contributed by atoms with Crippen LogP contribution in [0.25, 0.3) is 10.9 Å². The van der Waals surface area contributed by atoms with E-state index in [-0.39, 0.29) is 12.3 Å². The fourth-order valence-corrected chi connectivity index (χ4v) is 5.38. The quantitative estimate of drug-likeness (QED) is 0.338. The third-order valence-corrected chi connectivity index (χ3v) is 7.34. The third kappa shape index (κ3) is 6.82. The second-order valence-corrected chi connectivity index (χ2v) is 9.61. The number of hydrogen-bond acceptors (Lipinski definition) is 5. The van der Waals surface area contributed by atoms with Crippen molar-refractivity contribution in [1.29, 1.82) is 0 Å². The first-order valence-electron chi connectivity index (χ1n) is 12.6. The Balaban J connectivity index is 1.36. The number of aromatic nitrogens is 1. The average Bonchev–Trinajstić information content (AvgIpc) is 3.39. The average molecular weight is 483 g/mol. The summed E-state index contributed by atoms with van der Waals surface area (Å²) < 4.78 is 26.0. The Hall–Kier alpha value is -2.93. The highest BCUT2D eigenvalue weighted by atomic mass is 19.1. The van der Waals surface area contributed by atoms with Crippen LogP contribution in [0.4, 0.5) is 4.39 Å². The van der Waals surface area contributed by atoms with E-state index in [1.165, 1.54) is 5.56 Å². The molecule has 188 valence electrons. The number of nitrogens with zero attached hydrogens (tertiary/aromatic N) is 2. The van der Waals surface area contributed by atoms with E-state index in [4.69, 9.17) is 9.15 Å². The SMILES string of the molecule is COc1ccc2nccc([C@H](F)CC[C@@H]3CCN(CCCc4ccoc4)C[C@H]3CCC(=O)O)c2c1. The van der Waals surface area contributed by atoms with Gasteiger partial charge >= 0.3 is 5.97 Å². The van der Waals surface area contributed by atoms with Gasteiger partial charge in [0.2, 0.25) is 0 Å². The van der Waals surface area contributed by atoms with Crippen molar-refractivity contribution in [3.8, 4) is 5.75 Å². The van der Waals surface area contributed by atoms with Crippen molar-refractivity contribution in [2.24, 2.45) is 11.8 Å². The Labute approximate surface area is 206 Å². The van der Waals surface area contributed by atoms with Crippen LogP contribution in [0.1, 0.15) is 55.8 Å². The Bertz CT molecular complexity index is 1090. The molecule has 0 spiro atoms. The third-order valence-electron chi connectivity index (χ3n) is 7.34. The summed E-state index contributed by atoms with van der Waals surface area (Å²) >= 11 is 0. The van der Waals surface area contributed by atoms with Gasteiger partial charge in [-0.15, -0.1) is 0 Å². The molecule has 0 aliphatic carbocycles. The molecule has 4 rings (SSSR count). The van der Waals surface area contributed by atoms with Crippen LogP contribution in [0, 0.1) is 11.8 Å². The molecule has 1 aliphatic heterocycles. The summed E-state index contributed by atoms with van der Waals surface area (Å²) in [7, 11) is 1.60. The second-order valence-electron chi connectivity index (χ2n) is 9.61. The molecule has 0 unspecified atom stereocenters. The zero-order valence-electron chi connectivity index (χ0n) is 20.4. The normalized spacial score (nSPS) is 19.6. The van der Waals surface area contributed by atoms with E-state index in [0.717, 1.165) is 56.2 Å². The van der Waals surface area contributed by atoms with Crippen molar-refractivity contribution in [2.45, 2.75) is 51.1 Å². The molecule has 0 amide bonds. The van der Waals surface area contributed by atoms with Gasteiger partial charge in [0.15, 0.2) is 0 Å². The molecule has 7 heteroatoms. The fraction of sp³-hybridized carbons (Fsp3) is 0.500. The van der Waals surface area contributed by atoms with Crippen LogP contribution < -0.4 is 4.74 Å². The molecule has 1 aliphatic rings. The first-order valence-corrected chi connectivity index (χ1v) is 12.6. The zero-order valence-corrected chi connectivity index (χ0v) is 20.4. The number of benzene rings is 1. The van der Waals surface area contributed by atoms with Crippen LogP contribution in [0.15, 0.2) is 53.5 Å². The van der Waals surface area contributed by atoms with Gasteiger partial charge in [0.05, 0.1) is 25.2 Å². The molecule has 6 nitrogen and oxygen atoms in total. The van der Waals surface area contributed by atoms with Gasteiger partial charge in [-0.05, 0) is 105 Å². The predicted octanol–water partition coefficient (Wildman–Crippen LogP) is 6.06. The molecule has 1 saturated heterocycles. The molecule has 2 aromatic heterocycles. The van der Waals surface area contributed by atoms with Gasteiger partial charge < -0.3 is 19.2 Å². The number of halogens is 1. The van der Waals surface area contributed by atoms with E-state index in [9.17, 15) is 9.90 Å². The molecule has 0 saturated carbocycles. The molecule has 1 aromatic carbocycles. The number of alkyl halides is 1. The molecule has 1 N–H and O–H groups in total. The van der Waals surface area contributed by atoms with E-state index in [2.05, 4.69) is 9.88 Å². The molecule has 3 atom stereocenters. The van der Waals surface area contributed by atoms with Crippen molar-refractivity contribution in [3.63, 3.8) is 0 Å². The lowest BCUT2D eigenvalue weighted by atomic mass is 9.79. The number of carboxylic acids is 1. The highest BCUT2D eigenvalue weighted by Gasteiger charge is 2.30. The Kier molecular flexibility index (Phi) is 8.74. The number of ether oxygens (including phenoxy) is 1. The number of carboxylic acid groups (broad SMARTS) is 1. The number of aliphatic carboxylic acids is 1. The lowest BCUT2D eigenvalue weighted by Gasteiger charge is -2.39. The summed E-state index contributed by atoms with van der Waals surface area (Å²) in [6, 6.07) is 9.30. The summed E-state index contributed by atoms with van der Waals surface area (Å²) in [6.07, 6.45) is 9.03. The van der Waals surface area contributed by atoms with Crippen LogP contribution in [-0.4, -0.2) is 47.7 Å². The first kappa shape index (κ1) is 25.2. The number of furan rings is 1. The summed E-state index contributed by atoms with van der Waals surface area (Å²) in [5.41, 5.74) is 2.61. The van der Waals surface area contributed by atoms with Crippen molar-refractivity contribution in [1.82, 2.24) is 9.88 Å². The first-order chi connectivity index (χ1) is 17.0. The lowest BCUT2D eigenvalue weighted by Crippen LogP contribution is -2.41. The van der Waals surface area contributed by atoms with Gasteiger partial charge in [-0.25, -0.2) is 4.39 Å². The number of fused-ring (bicyclic) bond motifs is 1. The highest BCUT2D eigenvalue weighted by Crippen LogP contribution is 2.36. The fourth-order valence-electron chi connectivity index (χ4n) is 5.38. The number of rotatable bonds is 12. The molecule has 1 fully saturated rings. The molecule has 0 bridgehead atoms. The second kappa shape index (κ2) is 12.2. The van der Waals surface area contributed by atoms with Crippen molar-refractivity contribution in [2.75, 3.05) is 26.7 Å². The summed E-state index contributed by atoms with van der Waals surface area (Å²) in [4.78, 5) is 18.1. The molecular formula is C28H35FN2O4. The maximum Gasteiger partial charge on any atom is 0.303 e. The monoisotopic (exact) mass is 482 g/mol.